The van der Waals surface area contributed by atoms with Crippen molar-refractivity contribution in [1.82, 2.24) is 9.62 Å². The van der Waals surface area contributed by atoms with Crippen molar-refractivity contribution in [3.8, 4) is 0 Å². The lowest BCUT2D eigenvalue weighted by molar-refractivity contribution is 0.0951. The predicted molar refractivity (Wildman–Crippen MR) is 107 cm³/mol. The van der Waals surface area contributed by atoms with E-state index in [9.17, 15) is 13.2 Å². The van der Waals surface area contributed by atoms with Crippen LogP contribution in [0.2, 0.25) is 0 Å². The number of sulfonamides is 1. The first kappa shape index (κ1) is 21.4. The van der Waals surface area contributed by atoms with Crippen molar-refractivity contribution in [2.45, 2.75) is 30.8 Å². The summed E-state index contributed by atoms with van der Waals surface area (Å²) in [5.74, 6) is -0.178. The van der Waals surface area contributed by atoms with Crippen LogP contribution in [0.1, 0.15) is 34.3 Å². The molecule has 6 nitrogen and oxygen atoms in total. The van der Waals surface area contributed by atoms with Gasteiger partial charge < -0.3 is 11.1 Å². The van der Waals surface area contributed by atoms with Crippen molar-refractivity contribution < 1.29 is 13.2 Å². The maximum absolute atomic E-state index is 12.5. The molecule has 0 atom stereocenters. The first-order valence-electron chi connectivity index (χ1n) is 8.67. The molecule has 0 aliphatic carbocycles. The average Bonchev–Trinajstić information content (AvgIpc) is 3.22. The van der Waals surface area contributed by atoms with Gasteiger partial charge in [0.05, 0.1) is 4.90 Å². The van der Waals surface area contributed by atoms with Gasteiger partial charge in [-0.25, -0.2) is 8.42 Å². The van der Waals surface area contributed by atoms with Gasteiger partial charge in [0.25, 0.3) is 5.91 Å². The largest absolute Gasteiger partial charge is 0.348 e. The summed E-state index contributed by atoms with van der Waals surface area (Å²) in [6.45, 7) is 1.95. The van der Waals surface area contributed by atoms with E-state index in [1.54, 1.807) is 36.4 Å². The maximum Gasteiger partial charge on any atom is 0.251 e. The number of hydrogen-bond acceptors (Lipinski definition) is 4. The van der Waals surface area contributed by atoms with Crippen LogP contribution in [0.5, 0.6) is 0 Å². The Morgan fingerprint density at radius 1 is 0.963 bits per heavy atom. The molecule has 1 amide bonds. The molecule has 2 aromatic carbocycles. The zero-order valence-electron chi connectivity index (χ0n) is 14.9. The monoisotopic (exact) mass is 409 g/mol. The highest BCUT2D eigenvalue weighted by Gasteiger charge is 2.26. The number of nitrogens with zero attached hydrogens (tertiary/aromatic N) is 1. The topological polar surface area (TPSA) is 92.5 Å². The van der Waals surface area contributed by atoms with Crippen LogP contribution in [0, 0.1) is 0 Å². The van der Waals surface area contributed by atoms with Crippen molar-refractivity contribution in [2.75, 3.05) is 13.1 Å². The molecule has 1 fully saturated rings. The van der Waals surface area contributed by atoms with E-state index in [1.165, 1.54) is 4.31 Å². The Hall–Kier alpha value is -1.93. The van der Waals surface area contributed by atoms with Gasteiger partial charge >= 0.3 is 0 Å². The molecule has 0 radical (unpaired) electrons. The summed E-state index contributed by atoms with van der Waals surface area (Å²) < 4.78 is 26.5. The fraction of sp³-hybridized carbons (Fsp3) is 0.316. The molecule has 0 saturated carbocycles. The number of amides is 1. The highest BCUT2D eigenvalue weighted by Crippen LogP contribution is 2.21. The first-order valence-corrected chi connectivity index (χ1v) is 10.1. The number of halogens is 1. The van der Waals surface area contributed by atoms with E-state index in [4.69, 9.17) is 5.73 Å². The zero-order chi connectivity index (χ0) is 18.6. The summed E-state index contributed by atoms with van der Waals surface area (Å²) in [6.07, 6.45) is 1.82. The number of benzene rings is 2. The second-order valence-electron chi connectivity index (χ2n) is 6.34. The number of nitrogens with one attached hydrogen (secondary N) is 1. The number of hydrogen-bond donors (Lipinski definition) is 2. The number of rotatable bonds is 6. The summed E-state index contributed by atoms with van der Waals surface area (Å²) >= 11 is 0. The molecular weight excluding hydrogens is 386 g/mol. The van der Waals surface area contributed by atoms with Gasteiger partial charge in [0.1, 0.15) is 0 Å². The Bertz CT molecular complexity index is 862. The summed E-state index contributed by atoms with van der Waals surface area (Å²) in [7, 11) is -3.40. The zero-order valence-corrected chi connectivity index (χ0v) is 16.6. The molecule has 3 rings (SSSR count). The van der Waals surface area contributed by atoms with Gasteiger partial charge in [0.2, 0.25) is 10.0 Å². The molecule has 8 heteroatoms. The molecule has 3 N–H and O–H groups in total. The van der Waals surface area contributed by atoms with E-state index < -0.39 is 10.0 Å². The third-order valence-electron chi connectivity index (χ3n) is 4.53. The minimum absolute atomic E-state index is 0. The van der Waals surface area contributed by atoms with Crippen molar-refractivity contribution in [2.24, 2.45) is 5.73 Å². The Balaban J connectivity index is 0.00000261. The van der Waals surface area contributed by atoms with Crippen LogP contribution in [0.25, 0.3) is 0 Å². The minimum atomic E-state index is -3.40. The molecule has 27 heavy (non-hydrogen) atoms. The molecule has 1 saturated heterocycles. The Morgan fingerprint density at radius 2 is 1.52 bits per heavy atom. The lowest BCUT2D eigenvalue weighted by Crippen LogP contribution is -2.28. The smallest absolute Gasteiger partial charge is 0.251 e. The lowest BCUT2D eigenvalue weighted by atomic mass is 10.1. The van der Waals surface area contributed by atoms with Crippen LogP contribution in [-0.2, 0) is 23.1 Å². The Labute approximate surface area is 166 Å². The van der Waals surface area contributed by atoms with E-state index in [0.717, 1.165) is 24.0 Å². The van der Waals surface area contributed by atoms with Gasteiger partial charge in [-0.3, -0.25) is 4.79 Å². The average molecular weight is 410 g/mol. The SMILES string of the molecule is Cl.NCc1ccc(C(=O)NCc2ccc(S(=O)(=O)N3CCCC3)cc2)cc1. The second kappa shape index (κ2) is 9.32. The number of carbonyl (C=O) groups excluding carboxylic acids is 1. The Morgan fingerprint density at radius 3 is 2.07 bits per heavy atom. The maximum atomic E-state index is 12.5. The molecule has 1 aliphatic heterocycles. The van der Waals surface area contributed by atoms with Gasteiger partial charge in [-0.2, -0.15) is 4.31 Å². The van der Waals surface area contributed by atoms with Crippen LogP contribution in [0.3, 0.4) is 0 Å². The van der Waals surface area contributed by atoms with Crippen LogP contribution >= 0.6 is 12.4 Å². The van der Waals surface area contributed by atoms with Gasteiger partial charge in [-0.15, -0.1) is 12.4 Å². The van der Waals surface area contributed by atoms with E-state index >= 15 is 0 Å². The quantitative estimate of drug-likeness (QED) is 0.765. The third kappa shape index (κ3) is 5.07. The van der Waals surface area contributed by atoms with Crippen molar-refractivity contribution in [3.63, 3.8) is 0 Å². The van der Waals surface area contributed by atoms with Gasteiger partial charge in [-0.1, -0.05) is 24.3 Å². The summed E-state index contributed by atoms with van der Waals surface area (Å²) in [4.78, 5) is 12.5. The highest BCUT2D eigenvalue weighted by atomic mass is 35.5. The normalized spacial score (nSPS) is 14.6. The first-order chi connectivity index (χ1) is 12.5. The van der Waals surface area contributed by atoms with Gasteiger partial charge in [0, 0.05) is 31.7 Å². The second-order valence-corrected chi connectivity index (χ2v) is 8.28. The molecule has 0 spiro atoms. The van der Waals surface area contributed by atoms with Crippen LogP contribution in [-0.4, -0.2) is 31.7 Å². The number of nitrogens with two attached hydrogens (primary N) is 1. The van der Waals surface area contributed by atoms with Crippen LogP contribution in [0.15, 0.2) is 53.4 Å². The molecule has 0 aromatic heterocycles. The number of carbonyl (C=O) groups is 1. The Kier molecular flexibility index (Phi) is 7.38. The molecule has 2 aromatic rings. The molecule has 0 unspecified atom stereocenters. The van der Waals surface area contributed by atoms with Crippen molar-refractivity contribution >= 4 is 28.3 Å². The third-order valence-corrected chi connectivity index (χ3v) is 6.44. The molecule has 1 aliphatic rings. The molecule has 1 heterocycles. The van der Waals surface area contributed by atoms with E-state index in [0.29, 0.717) is 36.6 Å². The minimum Gasteiger partial charge on any atom is -0.348 e. The van der Waals surface area contributed by atoms with Crippen LogP contribution in [0.4, 0.5) is 0 Å². The molecule has 0 bridgehead atoms. The fourth-order valence-electron chi connectivity index (χ4n) is 2.93. The summed E-state index contributed by atoms with van der Waals surface area (Å²) in [6, 6.07) is 13.8. The summed E-state index contributed by atoms with van der Waals surface area (Å²) in [5, 5.41) is 2.84. The van der Waals surface area contributed by atoms with E-state index in [2.05, 4.69) is 5.32 Å². The highest BCUT2D eigenvalue weighted by molar-refractivity contribution is 7.89. The summed E-state index contributed by atoms with van der Waals surface area (Å²) in [5.41, 5.74) is 7.93. The predicted octanol–water partition coefficient (Wildman–Crippen LogP) is 2.28. The van der Waals surface area contributed by atoms with Crippen LogP contribution < -0.4 is 11.1 Å². The molecular formula is C19H24ClN3O3S. The standard InChI is InChI=1S/C19H23N3O3S.ClH/c20-13-15-3-7-17(8-4-15)19(23)21-14-16-5-9-18(10-6-16)26(24,25)22-11-1-2-12-22;/h3-10H,1-2,11-14,20H2,(H,21,23);1H. The van der Waals surface area contributed by atoms with Gasteiger partial charge in [0.15, 0.2) is 0 Å². The van der Waals surface area contributed by atoms with Crippen molar-refractivity contribution in [1.29, 1.82) is 0 Å². The van der Waals surface area contributed by atoms with E-state index in [-0.39, 0.29) is 18.3 Å². The lowest BCUT2D eigenvalue weighted by Gasteiger charge is -2.15. The van der Waals surface area contributed by atoms with E-state index in [1.807, 2.05) is 12.1 Å². The van der Waals surface area contributed by atoms with Gasteiger partial charge in [-0.05, 0) is 48.2 Å². The fourth-order valence-corrected chi connectivity index (χ4v) is 4.45. The molecule has 146 valence electrons. The van der Waals surface area contributed by atoms with Crippen molar-refractivity contribution in [3.05, 3.63) is 65.2 Å².